The molecule has 1 saturated heterocycles. The molecule has 5 atom stereocenters. The minimum atomic E-state index is -3.82. The van der Waals surface area contributed by atoms with Crippen molar-refractivity contribution >= 4 is 39.7 Å². The molecule has 6 aliphatic rings. The van der Waals surface area contributed by atoms with E-state index in [2.05, 4.69) is 10.8 Å². The van der Waals surface area contributed by atoms with E-state index in [4.69, 9.17) is 9.47 Å². The number of rotatable bonds is 7. The Morgan fingerprint density at radius 1 is 1.02 bits per heavy atom. The molecular weight excluding hydrogens is 699 g/mol. The van der Waals surface area contributed by atoms with Gasteiger partial charge in [0.25, 0.3) is 0 Å². The third kappa shape index (κ3) is 7.87. The van der Waals surface area contributed by atoms with Gasteiger partial charge in [-0.15, -0.1) is 0 Å². The molecule has 3 aliphatic carbocycles. The topological polar surface area (TPSA) is 156 Å². The van der Waals surface area contributed by atoms with Crippen molar-refractivity contribution in [3.8, 4) is 0 Å². The monoisotopic (exact) mass is 753 g/mol. The number of carbonyl (C=O) groups excluding carboxylic acids is 5. The molecule has 0 unspecified atom stereocenters. The van der Waals surface area contributed by atoms with Crippen LogP contribution in [0.5, 0.6) is 0 Å². The lowest BCUT2D eigenvalue weighted by Gasteiger charge is -2.35. The smallest absolute Gasteiger partial charge is 0.410 e. The molecule has 1 N–H and O–H groups in total. The largest absolute Gasteiger partial charge is 0.465 e. The number of hydrogen-bond acceptors (Lipinski definition) is 9. The first-order chi connectivity index (χ1) is 25.0. The van der Waals surface area contributed by atoms with Crippen LogP contribution in [0.1, 0.15) is 121 Å². The Bertz CT molecular complexity index is 1780. The summed E-state index contributed by atoms with van der Waals surface area (Å²) in [6.07, 6.45) is 6.14. The SMILES string of the molecule is CC[C@@H]1C[C@]1(CC(=O)[C@@H]1C[C@@H]2CN1C(=O)[C@H](C(C)(C)C)CC(=O)OCC1(CCCCc3cccc4c3CN(C4)C(=O)O2)CC1)C(=O)NS(=O)(=O)C1CC1. The lowest BCUT2D eigenvalue weighted by molar-refractivity contribution is -0.154. The maximum Gasteiger partial charge on any atom is 0.410 e. The van der Waals surface area contributed by atoms with E-state index in [0.29, 0.717) is 45.4 Å². The number of amides is 3. The highest BCUT2D eigenvalue weighted by molar-refractivity contribution is 7.90. The Hall–Kier alpha value is -3.48. The molecule has 12 nitrogen and oxygen atoms in total. The Kier molecular flexibility index (Phi) is 9.98. The minimum absolute atomic E-state index is 0.0178. The predicted octanol–water partition coefficient (Wildman–Crippen LogP) is 5.19. The second-order valence-electron chi connectivity index (χ2n) is 17.9. The van der Waals surface area contributed by atoms with Crippen molar-refractivity contribution in [2.24, 2.45) is 28.1 Å². The summed E-state index contributed by atoms with van der Waals surface area (Å²) < 4.78 is 39.7. The van der Waals surface area contributed by atoms with Crippen LogP contribution in [-0.4, -0.2) is 78.4 Å². The summed E-state index contributed by atoms with van der Waals surface area (Å²) in [6.45, 7) is 8.67. The third-order valence-electron chi connectivity index (χ3n) is 13.0. The van der Waals surface area contributed by atoms with Crippen LogP contribution in [0.25, 0.3) is 0 Å². The van der Waals surface area contributed by atoms with E-state index in [1.54, 1.807) is 4.90 Å². The van der Waals surface area contributed by atoms with Crippen LogP contribution < -0.4 is 4.72 Å². The summed E-state index contributed by atoms with van der Waals surface area (Å²) in [5.74, 6) is -2.90. The van der Waals surface area contributed by atoms with Gasteiger partial charge in [-0.25, -0.2) is 13.2 Å². The number of ether oxygens (including phenoxy) is 2. The number of cyclic esters (lactones) is 1. The molecule has 1 aromatic rings. The highest BCUT2D eigenvalue weighted by Crippen LogP contribution is 2.58. The van der Waals surface area contributed by atoms with Gasteiger partial charge in [-0.05, 0) is 79.4 Å². The zero-order valence-corrected chi connectivity index (χ0v) is 32.4. The molecular formula is C40H55N3O9S. The molecule has 3 aliphatic heterocycles. The maximum absolute atomic E-state index is 14.6. The number of aryl methyl sites for hydroxylation is 1. The Labute approximate surface area is 313 Å². The molecule has 290 valence electrons. The summed E-state index contributed by atoms with van der Waals surface area (Å²) in [5, 5.41) is -0.588. The van der Waals surface area contributed by atoms with E-state index in [0.717, 1.165) is 49.7 Å². The number of ketones is 1. The molecule has 53 heavy (non-hydrogen) atoms. The number of Topliss-reactive ketones (excluding diaryl/α,β-unsaturated/α-hetero) is 1. The molecule has 1 spiro atoms. The van der Waals surface area contributed by atoms with E-state index in [-0.39, 0.29) is 42.9 Å². The van der Waals surface area contributed by atoms with E-state index >= 15 is 0 Å². The lowest BCUT2D eigenvalue weighted by Crippen LogP contribution is -2.48. The van der Waals surface area contributed by atoms with E-state index in [9.17, 15) is 32.4 Å². The Morgan fingerprint density at radius 2 is 1.75 bits per heavy atom. The third-order valence-corrected chi connectivity index (χ3v) is 14.8. The fourth-order valence-corrected chi connectivity index (χ4v) is 10.4. The molecule has 3 amide bonds. The zero-order chi connectivity index (χ0) is 37.9. The Balaban J connectivity index is 1.15. The van der Waals surface area contributed by atoms with Gasteiger partial charge in [-0.2, -0.15) is 0 Å². The van der Waals surface area contributed by atoms with Gasteiger partial charge in [-0.3, -0.25) is 28.8 Å². The highest BCUT2D eigenvalue weighted by atomic mass is 32.2. The number of hydrogen-bond donors (Lipinski definition) is 1. The van der Waals surface area contributed by atoms with Crippen LogP contribution in [-0.2, 0) is 58.2 Å². The van der Waals surface area contributed by atoms with Crippen LogP contribution in [0.3, 0.4) is 0 Å². The molecule has 13 heteroatoms. The predicted molar refractivity (Wildman–Crippen MR) is 194 cm³/mol. The summed E-state index contributed by atoms with van der Waals surface area (Å²) >= 11 is 0. The summed E-state index contributed by atoms with van der Waals surface area (Å²) in [7, 11) is -3.82. The molecule has 3 saturated carbocycles. The van der Waals surface area contributed by atoms with Gasteiger partial charge in [0.2, 0.25) is 21.8 Å². The van der Waals surface area contributed by atoms with E-state index in [1.807, 2.05) is 39.8 Å². The molecule has 4 fully saturated rings. The van der Waals surface area contributed by atoms with Crippen LogP contribution in [0, 0.1) is 28.1 Å². The zero-order valence-electron chi connectivity index (χ0n) is 31.6. The normalized spacial score (nSPS) is 30.5. The number of fused-ring (bicyclic) bond motifs is 3. The van der Waals surface area contributed by atoms with Crippen molar-refractivity contribution in [3.05, 3.63) is 34.9 Å². The van der Waals surface area contributed by atoms with E-state index < -0.39 is 68.0 Å². The van der Waals surface area contributed by atoms with Gasteiger partial charge in [0.05, 0.1) is 42.2 Å². The van der Waals surface area contributed by atoms with Gasteiger partial charge in [-0.1, -0.05) is 58.7 Å². The van der Waals surface area contributed by atoms with E-state index in [1.165, 1.54) is 10.5 Å². The van der Waals surface area contributed by atoms with Crippen molar-refractivity contribution in [1.82, 2.24) is 14.5 Å². The number of nitrogens with zero attached hydrogens (tertiary/aromatic N) is 2. The van der Waals surface area contributed by atoms with Crippen LogP contribution in [0.2, 0.25) is 0 Å². The fourth-order valence-electron chi connectivity index (χ4n) is 9.00. The molecule has 1 aromatic carbocycles. The van der Waals surface area contributed by atoms with Crippen molar-refractivity contribution < 1.29 is 41.9 Å². The van der Waals surface area contributed by atoms with Crippen LogP contribution in [0.4, 0.5) is 4.79 Å². The average molecular weight is 754 g/mol. The Morgan fingerprint density at radius 3 is 2.42 bits per heavy atom. The first-order valence-corrected chi connectivity index (χ1v) is 21.2. The van der Waals surface area contributed by atoms with Crippen molar-refractivity contribution in [1.29, 1.82) is 0 Å². The number of esters is 1. The van der Waals surface area contributed by atoms with Gasteiger partial charge in [0, 0.05) is 31.3 Å². The van der Waals surface area contributed by atoms with Crippen molar-refractivity contribution in [3.63, 3.8) is 0 Å². The van der Waals surface area contributed by atoms with Crippen LogP contribution >= 0.6 is 0 Å². The molecule has 7 rings (SSSR count). The van der Waals surface area contributed by atoms with Crippen molar-refractivity contribution in [2.75, 3.05) is 13.2 Å². The average Bonchev–Trinajstić information content (AvgIpc) is 4.05. The molecule has 4 bridgehead atoms. The standard InChI is InChI=1S/C40H55N3O9S/c1-5-27-19-40(27,36(47)41-53(49,50)29-12-13-29)20-33(44)32-17-28-22-43(32)35(46)31(38(2,3)4)18-34(45)51-24-39(15-16-39)14-7-6-9-25-10-8-11-26-21-42(23-30(25)26)37(48)52-28/h8,10-11,27-29,31-32H,5-7,9,12-24H2,1-4H3,(H,41,47)/t27-,28-,31-,32+,40-/m1/s1. The minimum Gasteiger partial charge on any atom is -0.465 e. The van der Waals surface area contributed by atoms with Gasteiger partial charge >= 0.3 is 12.1 Å². The molecule has 0 aromatic heterocycles. The molecule has 0 radical (unpaired) electrons. The first kappa shape index (κ1) is 37.8. The lowest BCUT2D eigenvalue weighted by atomic mass is 9.77. The highest BCUT2D eigenvalue weighted by Gasteiger charge is 2.62. The maximum atomic E-state index is 14.6. The van der Waals surface area contributed by atoms with Gasteiger partial charge in [0.15, 0.2) is 5.78 Å². The number of carbonyl (C=O) groups is 5. The summed E-state index contributed by atoms with van der Waals surface area (Å²) in [4.78, 5) is 72.8. The molecule has 3 heterocycles. The number of sulfonamides is 1. The second-order valence-corrected chi connectivity index (χ2v) is 19.9. The fraction of sp³-hybridized carbons (Fsp3) is 0.725. The first-order valence-electron chi connectivity index (χ1n) is 19.6. The summed E-state index contributed by atoms with van der Waals surface area (Å²) in [5.41, 5.74) is 1.56. The summed E-state index contributed by atoms with van der Waals surface area (Å²) in [6, 6.07) is 5.17. The number of nitrogens with one attached hydrogen (secondary N) is 1. The van der Waals surface area contributed by atoms with Crippen LogP contribution in [0.15, 0.2) is 18.2 Å². The van der Waals surface area contributed by atoms with Gasteiger partial charge < -0.3 is 14.4 Å². The quantitative estimate of drug-likeness (QED) is 0.370. The second kappa shape index (κ2) is 14.0. The van der Waals surface area contributed by atoms with Crippen molar-refractivity contribution in [2.45, 2.75) is 142 Å². The number of benzene rings is 1. The van der Waals surface area contributed by atoms with Gasteiger partial charge in [0.1, 0.15) is 6.10 Å².